The minimum atomic E-state index is -1.61. The molecule has 0 radical (unpaired) electrons. The molecule has 2 aromatic carbocycles. The van der Waals surface area contributed by atoms with E-state index in [1.165, 1.54) is 0 Å². The van der Waals surface area contributed by atoms with Crippen LogP contribution in [0.2, 0.25) is 0 Å². The molecule has 0 atom stereocenters. The fourth-order valence-electron chi connectivity index (χ4n) is 1.61. The fraction of sp³-hybridized carbons (Fsp3) is 0.143. The number of anilines is 1. The predicted octanol–water partition coefficient (Wildman–Crippen LogP) is 5.49. The number of hydrogen-bond donors (Lipinski definition) is 0. The Morgan fingerprint density at radius 2 is 1.32 bits per heavy atom. The Morgan fingerprint density at radius 1 is 0.818 bits per heavy atom. The Labute approximate surface area is 132 Å². The molecule has 0 saturated carbocycles. The van der Waals surface area contributed by atoms with Gasteiger partial charge >= 0.3 is 0 Å². The van der Waals surface area contributed by atoms with Crippen LogP contribution in [-0.2, 0) is 0 Å². The zero-order valence-corrected chi connectivity index (χ0v) is 13.1. The Kier molecular flexibility index (Phi) is 4.80. The summed E-state index contributed by atoms with van der Waals surface area (Å²) in [5.74, 6) is -6.34. The molecule has 116 valence electrons. The molecule has 0 amide bonds. The SMILES string of the molecule is CN(C)c1ccc(N=Nc2c(F)c(F)c(Br)c(F)c2F)cc1. The summed E-state index contributed by atoms with van der Waals surface area (Å²) in [4.78, 5) is 1.85. The third-order valence-electron chi connectivity index (χ3n) is 2.82. The third kappa shape index (κ3) is 3.11. The molecular formula is C14H10BrF4N3. The highest BCUT2D eigenvalue weighted by atomic mass is 79.9. The van der Waals surface area contributed by atoms with Gasteiger partial charge in [-0.3, -0.25) is 0 Å². The zero-order valence-electron chi connectivity index (χ0n) is 11.5. The molecule has 0 fully saturated rings. The second kappa shape index (κ2) is 6.43. The van der Waals surface area contributed by atoms with Gasteiger partial charge in [0, 0.05) is 19.8 Å². The maximum Gasteiger partial charge on any atom is 0.190 e. The molecule has 8 heteroatoms. The average molecular weight is 376 g/mol. The van der Waals surface area contributed by atoms with E-state index in [2.05, 4.69) is 26.2 Å². The number of rotatable bonds is 3. The molecule has 0 aromatic heterocycles. The van der Waals surface area contributed by atoms with Gasteiger partial charge in [-0.25, -0.2) is 17.6 Å². The Bertz CT molecular complexity index is 701. The summed E-state index contributed by atoms with van der Waals surface area (Å²) in [6, 6.07) is 6.54. The van der Waals surface area contributed by atoms with Gasteiger partial charge in [0.15, 0.2) is 29.0 Å². The van der Waals surface area contributed by atoms with E-state index in [0.717, 1.165) is 5.69 Å². The lowest BCUT2D eigenvalue weighted by atomic mass is 10.2. The number of nitrogens with zero attached hydrogens (tertiary/aromatic N) is 3. The minimum absolute atomic E-state index is 0.285. The van der Waals surface area contributed by atoms with Gasteiger partial charge in [-0.15, -0.1) is 5.11 Å². The van der Waals surface area contributed by atoms with Gasteiger partial charge in [0.1, 0.15) is 0 Å². The molecule has 22 heavy (non-hydrogen) atoms. The molecule has 0 heterocycles. The zero-order chi connectivity index (χ0) is 16.4. The van der Waals surface area contributed by atoms with Crippen molar-refractivity contribution >= 4 is 33.0 Å². The first kappa shape index (κ1) is 16.4. The van der Waals surface area contributed by atoms with E-state index >= 15 is 0 Å². The highest BCUT2D eigenvalue weighted by molar-refractivity contribution is 9.10. The first-order chi connectivity index (χ1) is 10.3. The van der Waals surface area contributed by atoms with Crippen molar-refractivity contribution in [3.05, 3.63) is 52.0 Å². The van der Waals surface area contributed by atoms with E-state index < -0.39 is 33.4 Å². The van der Waals surface area contributed by atoms with Gasteiger partial charge in [0.2, 0.25) is 0 Å². The van der Waals surface area contributed by atoms with E-state index in [9.17, 15) is 17.6 Å². The predicted molar refractivity (Wildman–Crippen MR) is 78.9 cm³/mol. The highest BCUT2D eigenvalue weighted by Gasteiger charge is 2.24. The van der Waals surface area contributed by atoms with Crippen LogP contribution in [0.1, 0.15) is 0 Å². The molecule has 0 aliphatic carbocycles. The molecule has 0 aliphatic heterocycles. The maximum atomic E-state index is 13.6. The summed E-state index contributed by atoms with van der Waals surface area (Å²) < 4.78 is 53.0. The van der Waals surface area contributed by atoms with Crippen LogP contribution in [0, 0.1) is 23.3 Å². The van der Waals surface area contributed by atoms with Crippen molar-refractivity contribution in [3.63, 3.8) is 0 Å². The van der Waals surface area contributed by atoms with E-state index in [4.69, 9.17) is 0 Å². The molecule has 0 unspecified atom stereocenters. The molecule has 0 spiro atoms. The van der Waals surface area contributed by atoms with Gasteiger partial charge in [-0.1, -0.05) is 0 Å². The topological polar surface area (TPSA) is 28.0 Å². The van der Waals surface area contributed by atoms with E-state index in [1.54, 1.807) is 24.3 Å². The molecule has 2 rings (SSSR count). The van der Waals surface area contributed by atoms with Gasteiger partial charge in [0.25, 0.3) is 0 Å². The van der Waals surface area contributed by atoms with E-state index in [-0.39, 0.29) is 5.69 Å². The minimum Gasteiger partial charge on any atom is -0.378 e. The second-order valence-electron chi connectivity index (χ2n) is 4.53. The average Bonchev–Trinajstić information content (AvgIpc) is 2.51. The normalized spacial score (nSPS) is 11.2. The number of azo groups is 1. The summed E-state index contributed by atoms with van der Waals surface area (Å²) in [5.41, 5.74) is 0.0556. The summed E-state index contributed by atoms with van der Waals surface area (Å²) in [7, 11) is 3.68. The first-order valence-corrected chi connectivity index (χ1v) is 6.82. The van der Waals surface area contributed by atoms with Gasteiger partial charge in [0.05, 0.1) is 10.2 Å². The Balaban J connectivity index is 2.38. The third-order valence-corrected chi connectivity index (χ3v) is 3.51. The molecule has 2 aromatic rings. The molecule has 3 nitrogen and oxygen atoms in total. The molecule has 0 saturated heterocycles. The standard InChI is InChI=1S/C14H10BrF4N3/c1-22(2)8-5-3-7(4-6-8)20-21-14-12(18)10(16)9(15)11(17)13(14)19/h3-6H,1-2H3. The van der Waals surface area contributed by atoms with Crippen LogP contribution in [0.25, 0.3) is 0 Å². The van der Waals surface area contributed by atoms with Crippen molar-refractivity contribution in [1.82, 2.24) is 0 Å². The summed E-state index contributed by atoms with van der Waals surface area (Å²) in [6.07, 6.45) is 0. The van der Waals surface area contributed by atoms with Crippen LogP contribution in [-0.4, -0.2) is 14.1 Å². The lowest BCUT2D eigenvalue weighted by molar-refractivity contribution is 0.449. The number of hydrogen-bond acceptors (Lipinski definition) is 3. The van der Waals surface area contributed by atoms with Crippen molar-refractivity contribution in [3.8, 4) is 0 Å². The molecule has 0 N–H and O–H groups in total. The van der Waals surface area contributed by atoms with Gasteiger partial charge < -0.3 is 4.90 Å². The van der Waals surface area contributed by atoms with Crippen molar-refractivity contribution < 1.29 is 17.6 Å². The summed E-state index contributed by atoms with van der Waals surface area (Å²) in [5, 5.41) is 6.86. The largest absolute Gasteiger partial charge is 0.378 e. The van der Waals surface area contributed by atoms with Crippen molar-refractivity contribution in [2.45, 2.75) is 0 Å². The lowest BCUT2D eigenvalue weighted by Crippen LogP contribution is -2.07. The summed E-state index contributed by atoms with van der Waals surface area (Å²) in [6.45, 7) is 0. The number of halogens is 5. The second-order valence-corrected chi connectivity index (χ2v) is 5.32. The van der Waals surface area contributed by atoms with Crippen LogP contribution in [0.5, 0.6) is 0 Å². The van der Waals surface area contributed by atoms with Crippen LogP contribution in [0.15, 0.2) is 39.0 Å². The Morgan fingerprint density at radius 3 is 1.77 bits per heavy atom. The van der Waals surface area contributed by atoms with Crippen LogP contribution < -0.4 is 4.90 Å². The smallest absolute Gasteiger partial charge is 0.190 e. The van der Waals surface area contributed by atoms with Crippen molar-refractivity contribution in [2.75, 3.05) is 19.0 Å². The van der Waals surface area contributed by atoms with Crippen molar-refractivity contribution in [2.24, 2.45) is 10.2 Å². The monoisotopic (exact) mass is 375 g/mol. The quantitative estimate of drug-likeness (QED) is 0.302. The van der Waals surface area contributed by atoms with Gasteiger partial charge in [-0.05, 0) is 40.2 Å². The molecular weight excluding hydrogens is 366 g/mol. The van der Waals surface area contributed by atoms with Crippen LogP contribution in [0.3, 0.4) is 0 Å². The molecule has 0 bridgehead atoms. The van der Waals surface area contributed by atoms with Crippen LogP contribution >= 0.6 is 15.9 Å². The van der Waals surface area contributed by atoms with Crippen LogP contribution in [0.4, 0.5) is 34.6 Å². The highest BCUT2D eigenvalue weighted by Crippen LogP contribution is 2.34. The fourth-order valence-corrected chi connectivity index (χ4v) is 1.95. The molecule has 0 aliphatic rings. The van der Waals surface area contributed by atoms with E-state index in [1.807, 2.05) is 19.0 Å². The lowest BCUT2D eigenvalue weighted by Gasteiger charge is -2.11. The Hall–Kier alpha value is -1.96. The summed E-state index contributed by atoms with van der Waals surface area (Å²) >= 11 is 2.43. The first-order valence-electron chi connectivity index (χ1n) is 6.03. The maximum absolute atomic E-state index is 13.6. The van der Waals surface area contributed by atoms with Gasteiger partial charge in [-0.2, -0.15) is 5.11 Å². The van der Waals surface area contributed by atoms with E-state index in [0.29, 0.717) is 0 Å². The number of benzene rings is 2. The van der Waals surface area contributed by atoms with Crippen molar-refractivity contribution in [1.29, 1.82) is 0 Å².